The van der Waals surface area contributed by atoms with E-state index in [2.05, 4.69) is 20.3 Å². The number of hydrogen-bond acceptors (Lipinski definition) is 4. The lowest BCUT2D eigenvalue weighted by molar-refractivity contribution is 0.432. The second kappa shape index (κ2) is 5.53. The van der Waals surface area contributed by atoms with E-state index in [0.29, 0.717) is 11.7 Å². The first kappa shape index (κ1) is 13.5. The Morgan fingerprint density at radius 2 is 1.74 bits per heavy atom. The predicted molar refractivity (Wildman–Crippen MR) is 87.5 cm³/mol. The monoisotopic (exact) mass is 302 g/mol. The van der Waals surface area contributed by atoms with E-state index < -0.39 is 0 Å². The Morgan fingerprint density at radius 1 is 0.913 bits per heavy atom. The van der Waals surface area contributed by atoms with Crippen molar-refractivity contribution in [1.82, 2.24) is 20.3 Å². The van der Waals surface area contributed by atoms with Crippen LogP contribution in [0.5, 0.6) is 0 Å². The van der Waals surface area contributed by atoms with Gasteiger partial charge in [-0.1, -0.05) is 41.1 Å². The number of hydrogen-bond donors (Lipinski definition) is 1. The minimum Gasteiger partial charge on any atom is -0.334 e. The van der Waals surface area contributed by atoms with Crippen molar-refractivity contribution in [3.05, 3.63) is 66.4 Å². The number of aromatic nitrogens is 4. The van der Waals surface area contributed by atoms with E-state index >= 15 is 0 Å². The SMILES string of the molecule is Cc1cccc(-c2nc(-c3cccc(-c4ccn[nH]4)c3)no2)c1. The van der Waals surface area contributed by atoms with Crippen LogP contribution in [0.3, 0.4) is 0 Å². The van der Waals surface area contributed by atoms with E-state index in [9.17, 15) is 0 Å². The quantitative estimate of drug-likeness (QED) is 0.618. The van der Waals surface area contributed by atoms with Gasteiger partial charge >= 0.3 is 0 Å². The number of nitrogens with one attached hydrogen (secondary N) is 1. The molecule has 0 unspecified atom stereocenters. The van der Waals surface area contributed by atoms with Crippen molar-refractivity contribution in [3.8, 4) is 34.1 Å². The van der Waals surface area contributed by atoms with Crippen molar-refractivity contribution in [2.24, 2.45) is 0 Å². The van der Waals surface area contributed by atoms with Gasteiger partial charge < -0.3 is 4.52 Å². The molecule has 23 heavy (non-hydrogen) atoms. The number of aryl methyl sites for hydroxylation is 1. The molecule has 112 valence electrons. The van der Waals surface area contributed by atoms with Crippen molar-refractivity contribution >= 4 is 0 Å². The van der Waals surface area contributed by atoms with Crippen molar-refractivity contribution in [2.45, 2.75) is 6.92 Å². The fraction of sp³-hybridized carbons (Fsp3) is 0.0556. The molecule has 2 heterocycles. The molecule has 2 aromatic heterocycles. The Bertz CT molecular complexity index is 941. The van der Waals surface area contributed by atoms with E-state index in [0.717, 1.165) is 27.9 Å². The molecule has 5 heteroatoms. The third-order valence-corrected chi connectivity index (χ3v) is 3.62. The van der Waals surface area contributed by atoms with Crippen LogP contribution in [0.15, 0.2) is 65.3 Å². The zero-order valence-corrected chi connectivity index (χ0v) is 12.5. The first-order valence-corrected chi connectivity index (χ1v) is 7.30. The van der Waals surface area contributed by atoms with Gasteiger partial charge in [-0.3, -0.25) is 5.10 Å². The van der Waals surface area contributed by atoms with E-state index in [1.165, 1.54) is 0 Å². The van der Waals surface area contributed by atoms with Gasteiger partial charge in [0.05, 0.1) is 5.69 Å². The summed E-state index contributed by atoms with van der Waals surface area (Å²) in [7, 11) is 0. The van der Waals surface area contributed by atoms with Crippen molar-refractivity contribution in [3.63, 3.8) is 0 Å². The Labute approximate surface area is 133 Å². The Morgan fingerprint density at radius 3 is 2.57 bits per heavy atom. The first-order chi connectivity index (χ1) is 11.3. The maximum atomic E-state index is 5.41. The van der Waals surface area contributed by atoms with Crippen LogP contribution in [0, 0.1) is 6.92 Å². The summed E-state index contributed by atoms with van der Waals surface area (Å²) in [5, 5.41) is 11.0. The summed E-state index contributed by atoms with van der Waals surface area (Å²) >= 11 is 0. The number of aromatic amines is 1. The molecule has 1 N–H and O–H groups in total. The summed E-state index contributed by atoms with van der Waals surface area (Å²) in [6, 6.07) is 17.9. The molecule has 0 bridgehead atoms. The van der Waals surface area contributed by atoms with Gasteiger partial charge in [0.15, 0.2) is 0 Å². The van der Waals surface area contributed by atoms with Gasteiger partial charge in [0.2, 0.25) is 5.82 Å². The molecule has 0 aliphatic heterocycles. The Hall–Kier alpha value is -3.21. The number of H-pyrrole nitrogens is 1. The summed E-state index contributed by atoms with van der Waals surface area (Å²) in [5.74, 6) is 1.10. The molecule has 0 saturated heterocycles. The highest BCUT2D eigenvalue weighted by molar-refractivity contribution is 5.68. The predicted octanol–water partition coefficient (Wildman–Crippen LogP) is 4.10. The summed E-state index contributed by atoms with van der Waals surface area (Å²) in [6.45, 7) is 2.04. The van der Waals surface area contributed by atoms with E-state index in [4.69, 9.17) is 4.52 Å². The average Bonchev–Trinajstić information content (AvgIpc) is 3.27. The molecule has 0 aliphatic rings. The normalized spacial score (nSPS) is 10.8. The minimum atomic E-state index is 0.524. The van der Waals surface area contributed by atoms with Crippen LogP contribution >= 0.6 is 0 Å². The molecule has 0 spiro atoms. The molecule has 4 rings (SSSR count). The zero-order valence-electron chi connectivity index (χ0n) is 12.5. The molecule has 0 fully saturated rings. The number of benzene rings is 2. The smallest absolute Gasteiger partial charge is 0.258 e. The van der Waals surface area contributed by atoms with Crippen LogP contribution in [-0.4, -0.2) is 20.3 Å². The third-order valence-electron chi connectivity index (χ3n) is 3.62. The fourth-order valence-corrected chi connectivity index (χ4v) is 2.48. The van der Waals surface area contributed by atoms with Crippen molar-refractivity contribution in [2.75, 3.05) is 0 Å². The lowest BCUT2D eigenvalue weighted by Crippen LogP contribution is -1.84. The molecular formula is C18H14N4O. The standard InChI is InChI=1S/C18H14N4O/c1-12-4-2-7-15(10-12)18-20-17(22-23-18)14-6-3-5-13(11-14)16-8-9-19-21-16/h2-11H,1H3,(H,19,21). The van der Waals surface area contributed by atoms with Crippen LogP contribution in [0.1, 0.15) is 5.56 Å². The maximum absolute atomic E-state index is 5.41. The lowest BCUT2D eigenvalue weighted by atomic mass is 10.1. The molecule has 5 nitrogen and oxygen atoms in total. The second-order valence-electron chi connectivity index (χ2n) is 5.34. The Balaban J connectivity index is 1.71. The van der Waals surface area contributed by atoms with Gasteiger partial charge in [-0.15, -0.1) is 0 Å². The lowest BCUT2D eigenvalue weighted by Gasteiger charge is -1.99. The summed E-state index contributed by atoms with van der Waals surface area (Å²) in [5.41, 5.74) is 4.97. The number of nitrogens with zero attached hydrogens (tertiary/aromatic N) is 3. The molecule has 0 aliphatic carbocycles. The summed E-state index contributed by atoms with van der Waals surface area (Å²) < 4.78 is 5.41. The van der Waals surface area contributed by atoms with Crippen molar-refractivity contribution < 1.29 is 4.52 Å². The molecule has 2 aromatic carbocycles. The fourth-order valence-electron chi connectivity index (χ4n) is 2.48. The topological polar surface area (TPSA) is 67.6 Å². The minimum absolute atomic E-state index is 0.524. The highest BCUT2D eigenvalue weighted by Crippen LogP contribution is 2.26. The average molecular weight is 302 g/mol. The van der Waals surface area contributed by atoms with E-state index in [-0.39, 0.29) is 0 Å². The van der Waals surface area contributed by atoms with E-state index in [1.807, 2.05) is 61.5 Å². The highest BCUT2D eigenvalue weighted by Gasteiger charge is 2.11. The Kier molecular flexibility index (Phi) is 3.24. The molecule has 0 atom stereocenters. The van der Waals surface area contributed by atoms with Crippen LogP contribution in [0.2, 0.25) is 0 Å². The second-order valence-corrected chi connectivity index (χ2v) is 5.34. The maximum Gasteiger partial charge on any atom is 0.258 e. The molecule has 0 saturated carbocycles. The van der Waals surface area contributed by atoms with Crippen molar-refractivity contribution in [1.29, 1.82) is 0 Å². The van der Waals surface area contributed by atoms with Crippen LogP contribution in [-0.2, 0) is 0 Å². The summed E-state index contributed by atoms with van der Waals surface area (Å²) in [6.07, 6.45) is 1.73. The van der Waals surface area contributed by atoms with Crippen LogP contribution < -0.4 is 0 Å². The highest BCUT2D eigenvalue weighted by atomic mass is 16.5. The molecular weight excluding hydrogens is 288 g/mol. The van der Waals surface area contributed by atoms with Gasteiger partial charge in [-0.2, -0.15) is 10.1 Å². The van der Waals surface area contributed by atoms with Gasteiger partial charge in [0.1, 0.15) is 0 Å². The van der Waals surface area contributed by atoms with E-state index in [1.54, 1.807) is 6.20 Å². The van der Waals surface area contributed by atoms with Gasteiger partial charge in [-0.05, 0) is 31.2 Å². The largest absolute Gasteiger partial charge is 0.334 e. The van der Waals surface area contributed by atoms with Gasteiger partial charge in [0, 0.05) is 22.9 Å². The first-order valence-electron chi connectivity index (χ1n) is 7.30. The molecule has 0 amide bonds. The number of rotatable bonds is 3. The zero-order chi connectivity index (χ0) is 15.6. The molecule has 4 aromatic rings. The van der Waals surface area contributed by atoms with Crippen LogP contribution in [0.4, 0.5) is 0 Å². The van der Waals surface area contributed by atoms with Gasteiger partial charge in [-0.25, -0.2) is 0 Å². The third kappa shape index (κ3) is 2.64. The summed E-state index contributed by atoms with van der Waals surface area (Å²) in [4.78, 5) is 4.51. The van der Waals surface area contributed by atoms with Crippen LogP contribution in [0.25, 0.3) is 34.1 Å². The van der Waals surface area contributed by atoms with Gasteiger partial charge in [0.25, 0.3) is 5.89 Å². The molecule has 0 radical (unpaired) electrons.